The molecule has 0 saturated carbocycles. The van der Waals surface area contributed by atoms with Crippen LogP contribution in [-0.4, -0.2) is 32.7 Å². The summed E-state index contributed by atoms with van der Waals surface area (Å²) in [5, 5.41) is 9.20. The van der Waals surface area contributed by atoms with E-state index in [0.717, 1.165) is 16.7 Å². The van der Waals surface area contributed by atoms with E-state index in [1.54, 1.807) is 55.1 Å². The number of nitrogens with zero attached hydrogens (tertiary/aromatic N) is 3. The third-order valence-electron chi connectivity index (χ3n) is 5.04. The van der Waals surface area contributed by atoms with Gasteiger partial charge in [-0.1, -0.05) is 24.3 Å². The smallest absolute Gasteiger partial charge is 0.298 e. The highest BCUT2D eigenvalue weighted by atomic mass is 32.2. The fourth-order valence-corrected chi connectivity index (χ4v) is 4.23. The summed E-state index contributed by atoms with van der Waals surface area (Å²) in [6.07, 6.45) is 1.53. The Bertz CT molecular complexity index is 1290. The Morgan fingerprint density at radius 3 is 2.45 bits per heavy atom. The van der Waals surface area contributed by atoms with Gasteiger partial charge in [0.05, 0.1) is 23.4 Å². The van der Waals surface area contributed by atoms with Gasteiger partial charge in [0, 0.05) is 7.05 Å². The monoisotopic (exact) mass is 437 g/mol. The first-order valence-electron chi connectivity index (χ1n) is 9.32. The molecule has 0 radical (unpaired) electrons. The average molecular weight is 437 g/mol. The number of methoxy groups -OCH3 is 1. The number of ether oxygens (including phenoxy) is 1. The van der Waals surface area contributed by atoms with E-state index in [4.69, 9.17) is 4.74 Å². The average Bonchev–Trinajstić information content (AvgIpc) is 3.15. The SMILES string of the molecule is COc1cc(/C=C2/SC(=O)N(c3c(C)n(C)n(-c4ccccc4)c3=O)C2=O)ccc1O. The lowest BCUT2D eigenvalue weighted by Crippen LogP contribution is -2.33. The molecular formula is C22H19N3O5S. The minimum absolute atomic E-state index is 0.0283. The molecule has 9 heteroatoms. The zero-order chi connectivity index (χ0) is 22.3. The van der Waals surface area contributed by atoms with E-state index < -0.39 is 16.7 Å². The minimum Gasteiger partial charge on any atom is -0.504 e. The van der Waals surface area contributed by atoms with Crippen LogP contribution in [0, 0.1) is 6.92 Å². The summed E-state index contributed by atoms with van der Waals surface area (Å²) in [7, 11) is 3.12. The zero-order valence-corrected chi connectivity index (χ0v) is 17.8. The number of amides is 2. The van der Waals surface area contributed by atoms with E-state index in [-0.39, 0.29) is 22.1 Å². The second kappa shape index (κ2) is 7.84. The molecule has 1 saturated heterocycles. The number of aromatic hydroxyl groups is 1. The van der Waals surface area contributed by atoms with E-state index in [1.807, 2.05) is 6.07 Å². The molecular weight excluding hydrogens is 418 g/mol. The molecule has 4 rings (SSSR count). The number of phenols is 1. The van der Waals surface area contributed by atoms with Crippen molar-refractivity contribution in [1.82, 2.24) is 9.36 Å². The molecule has 0 aliphatic carbocycles. The molecule has 31 heavy (non-hydrogen) atoms. The highest BCUT2D eigenvalue weighted by molar-refractivity contribution is 8.19. The molecule has 0 spiro atoms. The van der Waals surface area contributed by atoms with Gasteiger partial charge >= 0.3 is 0 Å². The molecule has 1 N–H and O–H groups in total. The van der Waals surface area contributed by atoms with Crippen LogP contribution in [0.15, 0.2) is 58.2 Å². The van der Waals surface area contributed by atoms with Crippen LogP contribution in [0.3, 0.4) is 0 Å². The van der Waals surface area contributed by atoms with Crippen LogP contribution in [0.25, 0.3) is 11.8 Å². The number of phenolic OH excluding ortho intramolecular Hbond substituents is 1. The Hall–Kier alpha value is -3.72. The van der Waals surface area contributed by atoms with Gasteiger partial charge in [-0.25, -0.2) is 9.58 Å². The predicted octanol–water partition coefficient (Wildman–Crippen LogP) is 3.44. The summed E-state index contributed by atoms with van der Waals surface area (Å²) >= 11 is 0.755. The molecule has 0 atom stereocenters. The maximum Gasteiger partial charge on any atom is 0.298 e. The summed E-state index contributed by atoms with van der Waals surface area (Å²) in [5.41, 5.74) is 1.26. The molecule has 2 aromatic carbocycles. The molecule has 158 valence electrons. The molecule has 1 aliphatic heterocycles. The van der Waals surface area contributed by atoms with Crippen molar-refractivity contribution in [2.75, 3.05) is 12.0 Å². The Labute approximate surface area is 181 Å². The molecule has 3 aromatic rings. The van der Waals surface area contributed by atoms with Crippen LogP contribution in [-0.2, 0) is 11.8 Å². The van der Waals surface area contributed by atoms with Crippen LogP contribution in [0.1, 0.15) is 11.3 Å². The van der Waals surface area contributed by atoms with Gasteiger partial charge in [-0.2, -0.15) is 0 Å². The Morgan fingerprint density at radius 2 is 1.77 bits per heavy atom. The molecule has 0 bridgehead atoms. The number of para-hydroxylation sites is 1. The molecule has 1 fully saturated rings. The van der Waals surface area contributed by atoms with Crippen molar-refractivity contribution in [2.24, 2.45) is 7.05 Å². The summed E-state index contributed by atoms with van der Waals surface area (Å²) < 4.78 is 8.12. The normalized spacial score (nSPS) is 15.2. The molecule has 2 amide bonds. The van der Waals surface area contributed by atoms with Gasteiger partial charge in [-0.05, 0) is 54.6 Å². The zero-order valence-electron chi connectivity index (χ0n) is 17.0. The molecule has 8 nitrogen and oxygen atoms in total. The highest BCUT2D eigenvalue weighted by Crippen LogP contribution is 2.37. The van der Waals surface area contributed by atoms with Gasteiger partial charge in [0.15, 0.2) is 11.5 Å². The van der Waals surface area contributed by atoms with E-state index in [9.17, 15) is 19.5 Å². The van der Waals surface area contributed by atoms with E-state index >= 15 is 0 Å². The number of aromatic nitrogens is 2. The first-order valence-corrected chi connectivity index (χ1v) is 10.1. The second-order valence-corrected chi connectivity index (χ2v) is 7.85. The standard InChI is InChI=1S/C22H19N3O5S/c1-13-19(21(28)25(23(13)2)15-7-5-4-6-8-15)24-20(27)18(31-22(24)29)12-14-9-10-16(26)17(11-14)30-3/h4-12,26H,1-3H3/b18-12+. The third kappa shape index (κ3) is 3.42. The van der Waals surface area contributed by atoms with Gasteiger partial charge < -0.3 is 9.84 Å². The van der Waals surface area contributed by atoms with Crippen molar-refractivity contribution in [3.63, 3.8) is 0 Å². The number of thioether (sulfide) groups is 1. The summed E-state index contributed by atoms with van der Waals surface area (Å²) in [4.78, 5) is 40.1. The van der Waals surface area contributed by atoms with Crippen molar-refractivity contribution in [3.05, 3.63) is 75.0 Å². The van der Waals surface area contributed by atoms with Gasteiger partial charge in [-0.15, -0.1) is 0 Å². The first-order chi connectivity index (χ1) is 14.8. The van der Waals surface area contributed by atoms with Crippen LogP contribution < -0.4 is 15.2 Å². The number of anilines is 1. The van der Waals surface area contributed by atoms with E-state index in [2.05, 4.69) is 0 Å². The Kier molecular flexibility index (Phi) is 5.20. The molecule has 2 heterocycles. The predicted molar refractivity (Wildman–Crippen MR) is 119 cm³/mol. The van der Waals surface area contributed by atoms with Crippen molar-refractivity contribution < 1.29 is 19.4 Å². The van der Waals surface area contributed by atoms with Crippen LogP contribution in [0.4, 0.5) is 10.5 Å². The van der Waals surface area contributed by atoms with Crippen LogP contribution in [0.5, 0.6) is 11.5 Å². The number of imide groups is 1. The quantitative estimate of drug-likeness (QED) is 0.629. The lowest BCUT2D eigenvalue weighted by atomic mass is 10.2. The number of carbonyl (C=O) groups is 2. The molecule has 1 aliphatic rings. The van der Waals surface area contributed by atoms with Crippen molar-refractivity contribution >= 4 is 34.7 Å². The number of hydrogen-bond acceptors (Lipinski definition) is 6. The fourth-order valence-electron chi connectivity index (χ4n) is 3.41. The number of hydrogen-bond donors (Lipinski definition) is 1. The van der Waals surface area contributed by atoms with Crippen molar-refractivity contribution in [3.8, 4) is 17.2 Å². The number of carbonyl (C=O) groups excluding carboxylic acids is 2. The lowest BCUT2D eigenvalue weighted by molar-refractivity contribution is -0.113. The fraction of sp³-hybridized carbons (Fsp3) is 0.136. The van der Waals surface area contributed by atoms with E-state index in [0.29, 0.717) is 16.9 Å². The molecule has 0 unspecified atom stereocenters. The third-order valence-corrected chi connectivity index (χ3v) is 5.91. The second-order valence-electron chi connectivity index (χ2n) is 6.86. The summed E-state index contributed by atoms with van der Waals surface area (Å²) in [6.45, 7) is 1.69. The summed E-state index contributed by atoms with van der Waals surface area (Å²) in [5.74, 6) is -0.361. The topological polar surface area (TPSA) is 93.8 Å². The van der Waals surface area contributed by atoms with Crippen molar-refractivity contribution in [1.29, 1.82) is 0 Å². The largest absolute Gasteiger partial charge is 0.504 e. The maximum absolute atomic E-state index is 13.2. The maximum atomic E-state index is 13.2. The van der Waals surface area contributed by atoms with E-state index in [1.165, 1.54) is 23.9 Å². The van der Waals surface area contributed by atoms with Gasteiger partial charge in [0.2, 0.25) is 0 Å². The number of benzene rings is 2. The molecule has 1 aromatic heterocycles. The van der Waals surface area contributed by atoms with Gasteiger partial charge in [0.1, 0.15) is 5.69 Å². The first kappa shape index (κ1) is 20.5. The van der Waals surface area contributed by atoms with Gasteiger partial charge in [-0.3, -0.25) is 19.1 Å². The Balaban J connectivity index is 1.76. The number of rotatable bonds is 4. The minimum atomic E-state index is -0.576. The van der Waals surface area contributed by atoms with Gasteiger partial charge in [0.25, 0.3) is 16.7 Å². The highest BCUT2D eigenvalue weighted by Gasteiger charge is 2.40. The van der Waals surface area contributed by atoms with Crippen molar-refractivity contribution in [2.45, 2.75) is 6.92 Å². The Morgan fingerprint density at radius 1 is 1.06 bits per heavy atom. The summed E-state index contributed by atoms with van der Waals surface area (Å²) in [6, 6.07) is 13.6. The van der Waals surface area contributed by atoms with Crippen LogP contribution in [0.2, 0.25) is 0 Å². The van der Waals surface area contributed by atoms with Crippen LogP contribution >= 0.6 is 11.8 Å². The lowest BCUT2D eigenvalue weighted by Gasteiger charge is -2.10.